The van der Waals surface area contributed by atoms with Gasteiger partial charge in [0.25, 0.3) is 5.82 Å². The Morgan fingerprint density at radius 2 is 1.23 bits per heavy atom. The van der Waals surface area contributed by atoms with Crippen molar-refractivity contribution in [3.05, 3.63) is 54.1 Å². The minimum atomic E-state index is 0.994. The summed E-state index contributed by atoms with van der Waals surface area (Å²) in [6, 6.07) is 10.9. The molecule has 0 aliphatic carbocycles. The van der Waals surface area contributed by atoms with Crippen LogP contribution in [0.2, 0.25) is 0 Å². The van der Waals surface area contributed by atoms with Gasteiger partial charge in [-0.25, -0.2) is 9.13 Å². The Balaban J connectivity index is 1.71. The molecular weight excluding hydrogens is 364 g/mol. The van der Waals surface area contributed by atoms with Crippen molar-refractivity contribution in [1.82, 2.24) is 4.57 Å². The zero-order valence-electron chi connectivity index (χ0n) is 20.0. The topological polar surface area (TPSA) is 8.81 Å². The Hall–Kier alpha value is -1.57. The second kappa shape index (κ2) is 16.2. The third kappa shape index (κ3) is 9.96. The van der Waals surface area contributed by atoms with Crippen molar-refractivity contribution in [2.45, 2.75) is 123 Å². The normalized spacial score (nSPS) is 11.3. The number of rotatable bonds is 18. The van der Waals surface area contributed by atoms with E-state index in [9.17, 15) is 0 Å². The van der Waals surface area contributed by atoms with E-state index in [2.05, 4.69) is 65.7 Å². The Labute approximate surface area is 186 Å². The van der Waals surface area contributed by atoms with E-state index in [0.717, 1.165) is 6.54 Å². The van der Waals surface area contributed by atoms with E-state index in [1.165, 1.54) is 114 Å². The number of unbranched alkanes of at least 4 members (excludes halogenated alkanes) is 12. The van der Waals surface area contributed by atoms with Gasteiger partial charge in [0.15, 0.2) is 0 Å². The molecule has 1 heterocycles. The lowest BCUT2D eigenvalue weighted by atomic mass is 10.1. The summed E-state index contributed by atoms with van der Waals surface area (Å²) in [7, 11) is 0. The molecule has 0 amide bonds. The van der Waals surface area contributed by atoms with Crippen molar-refractivity contribution in [3.63, 3.8) is 0 Å². The molecule has 0 saturated carbocycles. The maximum Gasteiger partial charge on any atom is 0.256 e. The highest BCUT2D eigenvalue weighted by Crippen LogP contribution is 2.12. The van der Waals surface area contributed by atoms with E-state index >= 15 is 0 Å². The first-order valence-corrected chi connectivity index (χ1v) is 13.0. The largest absolute Gasteiger partial charge is 0.256 e. The molecule has 168 valence electrons. The molecule has 0 N–H and O–H groups in total. The molecule has 0 atom stereocenters. The zero-order chi connectivity index (χ0) is 21.3. The standard InChI is InChI=1S/C28H47N2/c1-3-5-7-8-9-10-11-12-13-14-19-23-29-24-25-30(28(29)22-16-6-4-2)26-27-20-17-15-18-21-27/h15,17-18,20-21,24-25H,3-14,16,19,22-23,26H2,1-2H3/q+1. The van der Waals surface area contributed by atoms with Gasteiger partial charge in [-0.1, -0.05) is 115 Å². The molecule has 0 aliphatic heterocycles. The van der Waals surface area contributed by atoms with Gasteiger partial charge in [0.1, 0.15) is 18.9 Å². The van der Waals surface area contributed by atoms with Crippen molar-refractivity contribution < 1.29 is 4.57 Å². The molecule has 2 nitrogen and oxygen atoms in total. The minimum absolute atomic E-state index is 0.994. The highest BCUT2D eigenvalue weighted by atomic mass is 15.1. The van der Waals surface area contributed by atoms with Crippen molar-refractivity contribution in [2.75, 3.05) is 0 Å². The third-order valence-electron chi connectivity index (χ3n) is 6.29. The van der Waals surface area contributed by atoms with Crippen LogP contribution in [0.4, 0.5) is 0 Å². The molecule has 2 aromatic rings. The number of nitrogens with zero attached hydrogens (tertiary/aromatic N) is 2. The van der Waals surface area contributed by atoms with E-state index in [0.29, 0.717) is 0 Å². The van der Waals surface area contributed by atoms with E-state index in [-0.39, 0.29) is 0 Å². The van der Waals surface area contributed by atoms with Crippen LogP contribution in [0.25, 0.3) is 0 Å². The summed E-state index contributed by atoms with van der Waals surface area (Å²) in [5.41, 5.74) is 1.40. The highest BCUT2D eigenvalue weighted by Gasteiger charge is 2.16. The lowest BCUT2D eigenvalue weighted by molar-refractivity contribution is -0.704. The Morgan fingerprint density at radius 3 is 1.87 bits per heavy atom. The van der Waals surface area contributed by atoms with Crippen LogP contribution in [0, 0.1) is 0 Å². The van der Waals surface area contributed by atoms with E-state index in [4.69, 9.17) is 0 Å². The number of aryl methyl sites for hydroxylation is 1. The molecule has 0 bridgehead atoms. The van der Waals surface area contributed by atoms with Gasteiger partial charge in [-0.15, -0.1) is 0 Å². The first kappa shape index (κ1) is 24.7. The van der Waals surface area contributed by atoms with Gasteiger partial charge in [0.2, 0.25) is 0 Å². The summed E-state index contributed by atoms with van der Waals surface area (Å²) in [5.74, 6) is 1.51. The average Bonchev–Trinajstić information content (AvgIpc) is 3.14. The molecule has 0 spiro atoms. The second-order valence-electron chi connectivity index (χ2n) is 9.01. The maximum absolute atomic E-state index is 2.53. The third-order valence-corrected chi connectivity index (χ3v) is 6.29. The Morgan fingerprint density at radius 1 is 0.667 bits per heavy atom. The van der Waals surface area contributed by atoms with E-state index in [1.807, 2.05) is 0 Å². The monoisotopic (exact) mass is 411 g/mol. The molecule has 0 radical (unpaired) electrons. The van der Waals surface area contributed by atoms with Crippen LogP contribution in [0.3, 0.4) is 0 Å². The Kier molecular flexibility index (Phi) is 13.3. The molecule has 1 aromatic heterocycles. The van der Waals surface area contributed by atoms with Crippen LogP contribution in [0.1, 0.15) is 115 Å². The average molecular weight is 412 g/mol. The van der Waals surface area contributed by atoms with Gasteiger partial charge in [-0.2, -0.15) is 0 Å². The summed E-state index contributed by atoms with van der Waals surface area (Å²) in [5, 5.41) is 0. The summed E-state index contributed by atoms with van der Waals surface area (Å²) >= 11 is 0. The number of aromatic nitrogens is 2. The fourth-order valence-electron chi connectivity index (χ4n) is 4.39. The molecule has 0 aliphatic rings. The highest BCUT2D eigenvalue weighted by molar-refractivity contribution is 5.15. The SMILES string of the molecule is CCCCCCCCCCCCC[n+]1ccn(Cc2ccccc2)c1CCCCC. The lowest BCUT2D eigenvalue weighted by Crippen LogP contribution is -2.37. The molecule has 0 saturated heterocycles. The van der Waals surface area contributed by atoms with Gasteiger partial charge in [-0.05, 0) is 24.8 Å². The van der Waals surface area contributed by atoms with Gasteiger partial charge >= 0.3 is 0 Å². The quantitative estimate of drug-likeness (QED) is 0.174. The summed E-state index contributed by atoms with van der Waals surface area (Å²) in [6.07, 6.45) is 25.3. The van der Waals surface area contributed by atoms with Crippen LogP contribution in [0.15, 0.2) is 42.7 Å². The fourth-order valence-corrected chi connectivity index (χ4v) is 4.39. The number of benzene rings is 1. The van der Waals surface area contributed by atoms with Gasteiger partial charge in [0, 0.05) is 6.42 Å². The first-order valence-electron chi connectivity index (χ1n) is 13.0. The van der Waals surface area contributed by atoms with Crippen molar-refractivity contribution in [2.24, 2.45) is 0 Å². The van der Waals surface area contributed by atoms with Gasteiger partial charge < -0.3 is 0 Å². The van der Waals surface area contributed by atoms with Gasteiger partial charge in [-0.3, -0.25) is 0 Å². The van der Waals surface area contributed by atoms with Crippen LogP contribution in [-0.2, 0) is 19.5 Å². The smallest absolute Gasteiger partial charge is 0.234 e. The number of hydrogen-bond donors (Lipinski definition) is 0. The van der Waals surface area contributed by atoms with E-state index in [1.54, 1.807) is 0 Å². The van der Waals surface area contributed by atoms with E-state index < -0.39 is 0 Å². The number of hydrogen-bond acceptors (Lipinski definition) is 0. The van der Waals surface area contributed by atoms with Crippen molar-refractivity contribution in [1.29, 1.82) is 0 Å². The second-order valence-corrected chi connectivity index (χ2v) is 9.01. The predicted octanol–water partition coefficient (Wildman–Crippen LogP) is 7.87. The van der Waals surface area contributed by atoms with Crippen LogP contribution in [-0.4, -0.2) is 4.57 Å². The molecule has 30 heavy (non-hydrogen) atoms. The zero-order valence-corrected chi connectivity index (χ0v) is 20.0. The Bertz CT molecular complexity index is 644. The summed E-state index contributed by atoms with van der Waals surface area (Å²) in [6.45, 7) is 6.76. The van der Waals surface area contributed by atoms with Crippen molar-refractivity contribution >= 4 is 0 Å². The molecule has 1 aromatic carbocycles. The van der Waals surface area contributed by atoms with Gasteiger partial charge in [0.05, 0.1) is 6.54 Å². The molecule has 0 unspecified atom stereocenters. The summed E-state index contributed by atoms with van der Waals surface area (Å²) in [4.78, 5) is 0. The molecule has 2 rings (SSSR count). The lowest BCUT2D eigenvalue weighted by Gasteiger charge is -2.06. The number of imidazole rings is 1. The predicted molar refractivity (Wildman–Crippen MR) is 130 cm³/mol. The van der Waals surface area contributed by atoms with Crippen LogP contribution in [0.5, 0.6) is 0 Å². The van der Waals surface area contributed by atoms with Crippen LogP contribution < -0.4 is 4.57 Å². The summed E-state index contributed by atoms with van der Waals surface area (Å²) < 4.78 is 5.01. The van der Waals surface area contributed by atoms with Crippen LogP contribution >= 0.6 is 0 Å². The maximum atomic E-state index is 2.53. The first-order chi connectivity index (χ1) is 14.8. The fraction of sp³-hybridized carbons (Fsp3) is 0.679. The minimum Gasteiger partial charge on any atom is -0.234 e. The molecular formula is C28H47N2+. The molecule has 0 fully saturated rings. The molecule has 2 heteroatoms. The van der Waals surface area contributed by atoms with Crippen molar-refractivity contribution in [3.8, 4) is 0 Å².